The van der Waals surface area contributed by atoms with Gasteiger partial charge in [0.2, 0.25) is 0 Å². The number of halogens is 1. The van der Waals surface area contributed by atoms with E-state index in [1.54, 1.807) is 6.07 Å². The Hall–Kier alpha value is -1.27. The Morgan fingerprint density at radius 2 is 2.31 bits per heavy atom. The van der Waals surface area contributed by atoms with Gasteiger partial charge in [0.25, 0.3) is 5.56 Å². The highest BCUT2D eigenvalue weighted by molar-refractivity contribution is 6.17. The van der Waals surface area contributed by atoms with Crippen LogP contribution < -0.4 is 5.56 Å². The molecular formula is C9H9ClN2O. The molecule has 1 aromatic rings. The van der Waals surface area contributed by atoms with Crippen LogP contribution in [0.4, 0.5) is 0 Å². The van der Waals surface area contributed by atoms with E-state index in [1.165, 1.54) is 10.6 Å². The Morgan fingerprint density at radius 3 is 2.85 bits per heavy atom. The van der Waals surface area contributed by atoms with Gasteiger partial charge in [-0.15, -0.1) is 11.6 Å². The Balaban J connectivity index is 3.32. The van der Waals surface area contributed by atoms with Crippen LogP contribution in [0.1, 0.15) is 11.3 Å². The number of aryl methyl sites for hydroxylation is 1. The van der Waals surface area contributed by atoms with Crippen LogP contribution in [0, 0.1) is 18.3 Å². The predicted molar refractivity (Wildman–Crippen MR) is 50.9 cm³/mol. The first-order valence-electron chi connectivity index (χ1n) is 3.87. The minimum atomic E-state index is -0.261. The zero-order chi connectivity index (χ0) is 9.84. The fourth-order valence-electron chi connectivity index (χ4n) is 1.12. The number of pyridine rings is 1. The lowest BCUT2D eigenvalue weighted by atomic mass is 10.2. The second kappa shape index (κ2) is 4.11. The summed E-state index contributed by atoms with van der Waals surface area (Å²) in [7, 11) is 0. The maximum Gasteiger partial charge on any atom is 0.268 e. The normalized spacial score (nSPS) is 9.62. The summed E-state index contributed by atoms with van der Waals surface area (Å²) < 4.78 is 1.51. The number of alkyl halides is 1. The van der Waals surface area contributed by atoms with Crippen molar-refractivity contribution in [1.82, 2.24) is 4.57 Å². The molecule has 0 radical (unpaired) electrons. The fourth-order valence-corrected chi connectivity index (χ4v) is 1.29. The topological polar surface area (TPSA) is 45.8 Å². The Labute approximate surface area is 81.2 Å². The van der Waals surface area contributed by atoms with Gasteiger partial charge in [-0.3, -0.25) is 4.79 Å². The van der Waals surface area contributed by atoms with Gasteiger partial charge < -0.3 is 4.57 Å². The first kappa shape index (κ1) is 9.82. The highest BCUT2D eigenvalue weighted by Crippen LogP contribution is 1.97. The SMILES string of the molecule is Cc1ccc(C#N)c(=O)n1CCCl. The van der Waals surface area contributed by atoms with Gasteiger partial charge in [-0.25, -0.2) is 0 Å². The molecule has 0 unspecified atom stereocenters. The van der Waals surface area contributed by atoms with Crippen molar-refractivity contribution in [3.63, 3.8) is 0 Å². The standard InChI is InChI=1S/C9H9ClN2O/c1-7-2-3-8(6-11)9(13)12(7)5-4-10/h2-3H,4-5H2,1H3. The maximum absolute atomic E-state index is 11.5. The molecule has 0 N–H and O–H groups in total. The van der Waals surface area contributed by atoms with Gasteiger partial charge in [0.05, 0.1) is 0 Å². The lowest BCUT2D eigenvalue weighted by Crippen LogP contribution is -2.24. The highest BCUT2D eigenvalue weighted by atomic mass is 35.5. The molecule has 0 aliphatic heterocycles. The largest absolute Gasteiger partial charge is 0.311 e. The van der Waals surface area contributed by atoms with Crippen molar-refractivity contribution in [2.75, 3.05) is 5.88 Å². The first-order chi connectivity index (χ1) is 6.20. The van der Waals surface area contributed by atoms with Gasteiger partial charge in [-0.2, -0.15) is 5.26 Å². The monoisotopic (exact) mass is 196 g/mol. The van der Waals surface area contributed by atoms with Crippen molar-refractivity contribution < 1.29 is 0 Å². The summed E-state index contributed by atoms with van der Waals surface area (Å²) in [6, 6.07) is 5.12. The molecule has 13 heavy (non-hydrogen) atoms. The van der Waals surface area contributed by atoms with Crippen molar-refractivity contribution in [1.29, 1.82) is 5.26 Å². The fraction of sp³-hybridized carbons (Fsp3) is 0.333. The number of hydrogen-bond donors (Lipinski definition) is 0. The molecule has 4 heteroatoms. The van der Waals surface area contributed by atoms with Gasteiger partial charge in [0.15, 0.2) is 0 Å². The quantitative estimate of drug-likeness (QED) is 0.669. The molecule has 0 aliphatic carbocycles. The molecule has 1 heterocycles. The highest BCUT2D eigenvalue weighted by Gasteiger charge is 2.04. The summed E-state index contributed by atoms with van der Waals surface area (Å²) in [5.41, 5.74) is 0.725. The number of nitriles is 1. The van der Waals surface area contributed by atoms with E-state index in [-0.39, 0.29) is 11.1 Å². The van der Waals surface area contributed by atoms with Crippen molar-refractivity contribution in [2.45, 2.75) is 13.5 Å². The molecule has 0 atom stereocenters. The molecule has 0 spiro atoms. The summed E-state index contributed by atoms with van der Waals surface area (Å²) in [5, 5.41) is 8.61. The molecule has 3 nitrogen and oxygen atoms in total. The number of nitrogens with zero attached hydrogens (tertiary/aromatic N) is 2. The van der Waals surface area contributed by atoms with Crippen molar-refractivity contribution in [3.05, 3.63) is 33.7 Å². The summed E-state index contributed by atoms with van der Waals surface area (Å²) in [6.07, 6.45) is 0. The molecule has 0 aromatic carbocycles. The third-order valence-electron chi connectivity index (χ3n) is 1.82. The van der Waals surface area contributed by atoms with Gasteiger partial charge in [0.1, 0.15) is 11.6 Å². The van der Waals surface area contributed by atoms with Crippen LogP contribution in [0.5, 0.6) is 0 Å². The molecular weight excluding hydrogens is 188 g/mol. The van der Waals surface area contributed by atoms with E-state index in [2.05, 4.69) is 0 Å². The van der Waals surface area contributed by atoms with E-state index >= 15 is 0 Å². The maximum atomic E-state index is 11.5. The van der Waals surface area contributed by atoms with Gasteiger partial charge in [-0.1, -0.05) is 0 Å². The van der Waals surface area contributed by atoms with Crippen LogP contribution in [0.2, 0.25) is 0 Å². The molecule has 1 rings (SSSR count). The summed E-state index contributed by atoms with van der Waals surface area (Å²) in [4.78, 5) is 11.5. The second-order valence-corrected chi connectivity index (χ2v) is 3.02. The smallest absolute Gasteiger partial charge is 0.268 e. The first-order valence-corrected chi connectivity index (χ1v) is 4.40. The summed E-state index contributed by atoms with van der Waals surface area (Å²) in [5.74, 6) is 0.371. The zero-order valence-electron chi connectivity index (χ0n) is 7.25. The Kier molecular flexibility index (Phi) is 3.10. The second-order valence-electron chi connectivity index (χ2n) is 2.65. The predicted octanol–water partition coefficient (Wildman–Crippen LogP) is 1.27. The average molecular weight is 197 g/mol. The van der Waals surface area contributed by atoms with Crippen LogP contribution in [0.3, 0.4) is 0 Å². The molecule has 0 aliphatic rings. The van der Waals surface area contributed by atoms with Crippen LogP contribution in [0.25, 0.3) is 0 Å². The lowest BCUT2D eigenvalue weighted by Gasteiger charge is -2.06. The van der Waals surface area contributed by atoms with Gasteiger partial charge in [-0.05, 0) is 19.1 Å². The number of aromatic nitrogens is 1. The van der Waals surface area contributed by atoms with Crippen LogP contribution in [0.15, 0.2) is 16.9 Å². The molecule has 0 saturated heterocycles. The third kappa shape index (κ3) is 1.90. The summed E-state index contributed by atoms with van der Waals surface area (Å²) in [6.45, 7) is 2.26. The summed E-state index contributed by atoms with van der Waals surface area (Å²) >= 11 is 5.53. The Bertz CT molecular complexity index is 403. The molecule has 0 bridgehead atoms. The van der Waals surface area contributed by atoms with Crippen LogP contribution in [-0.4, -0.2) is 10.4 Å². The molecule has 0 fully saturated rings. The number of hydrogen-bond acceptors (Lipinski definition) is 2. The van der Waals surface area contributed by atoms with Crippen molar-refractivity contribution in [2.24, 2.45) is 0 Å². The minimum absolute atomic E-state index is 0.163. The van der Waals surface area contributed by atoms with Crippen LogP contribution >= 0.6 is 11.6 Å². The Morgan fingerprint density at radius 1 is 1.62 bits per heavy atom. The van der Waals surface area contributed by atoms with E-state index in [9.17, 15) is 4.79 Å². The molecule has 0 amide bonds. The van der Waals surface area contributed by atoms with E-state index in [0.717, 1.165) is 5.69 Å². The molecule has 0 saturated carbocycles. The lowest BCUT2D eigenvalue weighted by molar-refractivity contribution is 0.703. The van der Waals surface area contributed by atoms with E-state index in [4.69, 9.17) is 16.9 Å². The zero-order valence-corrected chi connectivity index (χ0v) is 8.01. The van der Waals surface area contributed by atoms with Crippen LogP contribution in [-0.2, 0) is 6.54 Å². The minimum Gasteiger partial charge on any atom is -0.311 e. The van der Waals surface area contributed by atoms with Crippen molar-refractivity contribution >= 4 is 11.6 Å². The van der Waals surface area contributed by atoms with Crippen molar-refractivity contribution in [3.8, 4) is 6.07 Å². The molecule has 68 valence electrons. The number of rotatable bonds is 2. The average Bonchev–Trinajstić information content (AvgIpc) is 2.12. The van der Waals surface area contributed by atoms with E-state index in [1.807, 2.05) is 13.0 Å². The third-order valence-corrected chi connectivity index (χ3v) is 1.99. The van der Waals surface area contributed by atoms with E-state index < -0.39 is 0 Å². The van der Waals surface area contributed by atoms with E-state index in [0.29, 0.717) is 12.4 Å². The molecule has 1 aromatic heterocycles. The van der Waals surface area contributed by atoms with Gasteiger partial charge >= 0.3 is 0 Å². The van der Waals surface area contributed by atoms with Gasteiger partial charge in [0, 0.05) is 18.1 Å².